The summed E-state index contributed by atoms with van der Waals surface area (Å²) in [6, 6.07) is 21.8. The molecule has 0 spiro atoms. The Balaban J connectivity index is 1.20. The van der Waals surface area contributed by atoms with E-state index in [-0.39, 0.29) is 5.91 Å². The van der Waals surface area contributed by atoms with E-state index in [1.807, 2.05) is 48.5 Å². The molecule has 36 heavy (non-hydrogen) atoms. The standard InChI is InChI=1S/C27H24Cl2N4O3/c28-22-8-2-1-7-21(22)27(35)12-15-33(16-13-27)26(34)20-11-10-19(17-23(20)29)31-36-32-24-9-3-5-18-6-4-14-30-25(18)24/h1-11,14,17,31-32,35H,12-13,15-16H2. The van der Waals surface area contributed by atoms with Crippen molar-refractivity contribution in [1.29, 1.82) is 0 Å². The van der Waals surface area contributed by atoms with Crippen molar-refractivity contribution in [2.45, 2.75) is 18.4 Å². The van der Waals surface area contributed by atoms with Gasteiger partial charge in [-0.05, 0) is 49.2 Å². The molecule has 0 bridgehead atoms. The molecule has 2 heterocycles. The first kappa shape index (κ1) is 24.3. The van der Waals surface area contributed by atoms with Crippen LogP contribution in [-0.2, 0) is 10.5 Å². The lowest BCUT2D eigenvalue weighted by atomic mass is 9.84. The van der Waals surface area contributed by atoms with Crippen molar-refractivity contribution in [3.63, 3.8) is 0 Å². The summed E-state index contributed by atoms with van der Waals surface area (Å²) in [6.07, 6.45) is 2.50. The number of amides is 1. The van der Waals surface area contributed by atoms with Crippen LogP contribution >= 0.6 is 23.2 Å². The van der Waals surface area contributed by atoms with E-state index in [4.69, 9.17) is 28.1 Å². The fourth-order valence-electron chi connectivity index (χ4n) is 4.44. The van der Waals surface area contributed by atoms with Gasteiger partial charge < -0.3 is 10.0 Å². The number of hydrogen-bond acceptors (Lipinski definition) is 6. The molecule has 1 aliphatic rings. The minimum absolute atomic E-state index is 0.186. The predicted octanol–water partition coefficient (Wildman–Crippen LogP) is 6.04. The Bertz CT molecular complexity index is 1400. The van der Waals surface area contributed by atoms with E-state index in [0.717, 1.165) is 10.9 Å². The molecule has 7 nitrogen and oxygen atoms in total. The zero-order valence-electron chi connectivity index (χ0n) is 19.2. The van der Waals surface area contributed by atoms with Gasteiger partial charge in [0, 0.05) is 35.3 Å². The molecule has 9 heteroatoms. The van der Waals surface area contributed by atoms with Crippen LogP contribution < -0.4 is 11.0 Å². The Morgan fingerprint density at radius 2 is 1.72 bits per heavy atom. The Morgan fingerprint density at radius 3 is 2.50 bits per heavy atom. The third-order valence-electron chi connectivity index (χ3n) is 6.42. The number of nitrogens with one attached hydrogen (secondary N) is 2. The minimum Gasteiger partial charge on any atom is -0.385 e. The molecule has 1 aromatic heterocycles. The third kappa shape index (κ3) is 4.96. The molecule has 184 valence electrons. The maximum absolute atomic E-state index is 13.1. The quantitative estimate of drug-likeness (QED) is 0.268. The number of para-hydroxylation sites is 1. The van der Waals surface area contributed by atoms with Crippen molar-refractivity contribution in [1.82, 2.24) is 9.88 Å². The van der Waals surface area contributed by atoms with Crippen LogP contribution in [0.25, 0.3) is 10.9 Å². The smallest absolute Gasteiger partial charge is 0.255 e. The Hall–Kier alpha value is -3.36. The molecular weight excluding hydrogens is 499 g/mol. The number of carbonyl (C=O) groups excluding carboxylic acids is 1. The van der Waals surface area contributed by atoms with Gasteiger partial charge in [0.1, 0.15) is 0 Å². The van der Waals surface area contributed by atoms with Gasteiger partial charge in [-0.25, -0.2) is 11.0 Å². The largest absolute Gasteiger partial charge is 0.385 e. The molecule has 0 aliphatic carbocycles. The number of nitrogens with zero attached hydrogens (tertiary/aromatic N) is 2. The van der Waals surface area contributed by atoms with E-state index in [1.54, 1.807) is 35.4 Å². The maximum Gasteiger partial charge on any atom is 0.255 e. The van der Waals surface area contributed by atoms with E-state index in [1.165, 1.54) is 0 Å². The summed E-state index contributed by atoms with van der Waals surface area (Å²) >= 11 is 12.7. The van der Waals surface area contributed by atoms with E-state index in [2.05, 4.69) is 15.9 Å². The van der Waals surface area contributed by atoms with Gasteiger partial charge in [-0.1, -0.05) is 59.6 Å². The van der Waals surface area contributed by atoms with E-state index < -0.39 is 5.60 Å². The molecule has 1 saturated heterocycles. The molecule has 0 atom stereocenters. The number of benzene rings is 3. The number of halogens is 2. The zero-order chi connectivity index (χ0) is 25.1. The highest BCUT2D eigenvalue weighted by molar-refractivity contribution is 6.34. The molecule has 3 N–H and O–H groups in total. The van der Waals surface area contributed by atoms with Crippen LogP contribution in [0.5, 0.6) is 0 Å². The van der Waals surface area contributed by atoms with Crippen LogP contribution in [0.3, 0.4) is 0 Å². The molecule has 1 fully saturated rings. The van der Waals surface area contributed by atoms with Crippen molar-refractivity contribution >= 4 is 51.4 Å². The second-order valence-corrected chi connectivity index (χ2v) is 9.50. The zero-order valence-corrected chi connectivity index (χ0v) is 20.8. The van der Waals surface area contributed by atoms with Crippen LogP contribution in [0.4, 0.5) is 11.4 Å². The van der Waals surface area contributed by atoms with E-state index >= 15 is 0 Å². The topological polar surface area (TPSA) is 86.7 Å². The van der Waals surface area contributed by atoms with Gasteiger partial charge >= 0.3 is 0 Å². The number of aromatic nitrogens is 1. The molecule has 0 saturated carbocycles. The van der Waals surface area contributed by atoms with Gasteiger partial charge in [0.15, 0.2) is 0 Å². The fraction of sp³-hybridized carbons (Fsp3) is 0.185. The molecule has 0 radical (unpaired) electrons. The molecule has 1 amide bonds. The average Bonchev–Trinajstić information content (AvgIpc) is 2.89. The lowest BCUT2D eigenvalue weighted by Gasteiger charge is -2.39. The summed E-state index contributed by atoms with van der Waals surface area (Å²) in [7, 11) is 0. The van der Waals surface area contributed by atoms with E-state index in [9.17, 15) is 9.90 Å². The number of rotatable bonds is 6. The number of fused-ring (bicyclic) bond motifs is 1. The lowest BCUT2D eigenvalue weighted by molar-refractivity contribution is -0.0210. The first-order valence-corrected chi connectivity index (χ1v) is 12.3. The SMILES string of the molecule is O=C(c1ccc(NONc2cccc3cccnc23)cc1Cl)N1CCC(O)(c2ccccc2Cl)CC1. The van der Waals surface area contributed by atoms with Gasteiger partial charge in [0.2, 0.25) is 0 Å². The van der Waals surface area contributed by atoms with Crippen molar-refractivity contribution < 1.29 is 14.8 Å². The summed E-state index contributed by atoms with van der Waals surface area (Å²) in [5.74, 6) is -0.186. The van der Waals surface area contributed by atoms with Gasteiger partial charge in [-0.3, -0.25) is 9.78 Å². The molecular formula is C27H24Cl2N4O3. The summed E-state index contributed by atoms with van der Waals surface area (Å²) < 4.78 is 0. The van der Waals surface area contributed by atoms with Crippen LogP contribution in [0.2, 0.25) is 10.0 Å². The second-order valence-electron chi connectivity index (χ2n) is 8.69. The van der Waals surface area contributed by atoms with Crippen LogP contribution in [0.15, 0.2) is 79.0 Å². The Morgan fingerprint density at radius 1 is 0.944 bits per heavy atom. The van der Waals surface area contributed by atoms with E-state index in [0.29, 0.717) is 58.5 Å². The number of piperidine rings is 1. The van der Waals surface area contributed by atoms with Crippen molar-refractivity contribution in [3.8, 4) is 0 Å². The predicted molar refractivity (Wildman–Crippen MR) is 142 cm³/mol. The van der Waals surface area contributed by atoms with Crippen LogP contribution in [0.1, 0.15) is 28.8 Å². The average molecular weight is 523 g/mol. The van der Waals surface area contributed by atoms with Crippen molar-refractivity contribution in [3.05, 3.63) is 100 Å². The lowest BCUT2D eigenvalue weighted by Crippen LogP contribution is -2.45. The summed E-state index contributed by atoms with van der Waals surface area (Å²) in [5, 5.41) is 12.9. The monoisotopic (exact) mass is 522 g/mol. The Kier molecular flexibility index (Phi) is 6.98. The summed E-state index contributed by atoms with van der Waals surface area (Å²) in [6.45, 7) is 0.784. The van der Waals surface area contributed by atoms with Gasteiger partial charge in [-0.15, -0.1) is 0 Å². The normalized spacial score (nSPS) is 15.0. The second kappa shape index (κ2) is 10.3. The number of aliphatic hydroxyl groups is 1. The van der Waals surface area contributed by atoms with Gasteiger partial charge in [0.05, 0.1) is 33.1 Å². The maximum atomic E-state index is 13.1. The number of anilines is 2. The summed E-state index contributed by atoms with van der Waals surface area (Å²) in [4.78, 5) is 24.6. The third-order valence-corrected chi connectivity index (χ3v) is 7.06. The molecule has 4 aromatic rings. The van der Waals surface area contributed by atoms with Gasteiger partial charge in [-0.2, -0.15) is 4.94 Å². The molecule has 1 aliphatic heterocycles. The first-order chi connectivity index (χ1) is 17.4. The molecule has 3 aromatic carbocycles. The van der Waals surface area contributed by atoms with Crippen LogP contribution in [0, 0.1) is 0 Å². The number of pyridine rings is 1. The summed E-state index contributed by atoms with van der Waals surface area (Å²) in [5.41, 5.74) is 7.71. The highest BCUT2D eigenvalue weighted by Gasteiger charge is 2.37. The first-order valence-electron chi connectivity index (χ1n) is 11.5. The van der Waals surface area contributed by atoms with Crippen molar-refractivity contribution in [2.24, 2.45) is 0 Å². The number of likely N-dealkylation sites (tertiary alicyclic amines) is 1. The molecule has 5 rings (SSSR count). The fourth-order valence-corrected chi connectivity index (χ4v) is 5.01. The highest BCUT2D eigenvalue weighted by atomic mass is 35.5. The number of hydrogen-bond donors (Lipinski definition) is 3. The van der Waals surface area contributed by atoms with Crippen LogP contribution in [-0.4, -0.2) is 34.0 Å². The van der Waals surface area contributed by atoms with Gasteiger partial charge in [0.25, 0.3) is 5.91 Å². The minimum atomic E-state index is -1.06. The Labute approximate surface area is 218 Å². The highest BCUT2D eigenvalue weighted by Crippen LogP contribution is 2.37. The van der Waals surface area contributed by atoms with Crippen molar-refractivity contribution in [2.75, 3.05) is 24.0 Å². The molecule has 0 unspecified atom stereocenters. The number of carbonyl (C=O) groups is 1.